The average Bonchev–Trinajstić information content (AvgIpc) is 2.56. The molecule has 2 rings (SSSR count). The first-order valence-corrected chi connectivity index (χ1v) is 6.80. The van der Waals surface area contributed by atoms with Gasteiger partial charge in [-0.2, -0.15) is 11.8 Å². The molecule has 0 atom stereocenters. The number of thioether (sulfide) groups is 1. The normalized spacial score (nSPS) is 12.2. The van der Waals surface area contributed by atoms with Crippen LogP contribution in [0, 0.1) is 6.92 Å². The number of aryl methyl sites for hydroxylation is 1. The van der Waals surface area contributed by atoms with Crippen LogP contribution in [0.15, 0.2) is 12.1 Å². The van der Waals surface area contributed by atoms with Crippen molar-refractivity contribution in [3.05, 3.63) is 17.8 Å². The number of nitrogens with zero attached hydrogens (tertiary/aromatic N) is 3. The zero-order valence-corrected chi connectivity index (χ0v) is 11.5. The lowest BCUT2D eigenvalue weighted by Gasteiger charge is -2.23. The number of nitrogen functional groups attached to an aromatic ring is 1. The van der Waals surface area contributed by atoms with E-state index in [1.54, 1.807) is 0 Å². The van der Waals surface area contributed by atoms with Crippen molar-refractivity contribution < 1.29 is 0 Å². The molecular weight excluding hydrogens is 232 g/mol. The summed E-state index contributed by atoms with van der Waals surface area (Å²) in [5.74, 6) is 0.542. The molecule has 4 nitrogen and oxygen atoms in total. The summed E-state index contributed by atoms with van der Waals surface area (Å²) in [6.45, 7) is 7.18. The lowest BCUT2D eigenvalue weighted by molar-refractivity contribution is 0.582. The van der Waals surface area contributed by atoms with E-state index in [1.165, 1.54) is 0 Å². The van der Waals surface area contributed by atoms with E-state index in [0.29, 0.717) is 5.95 Å². The lowest BCUT2D eigenvalue weighted by atomic mass is 10.2. The third-order valence-corrected chi connectivity index (χ3v) is 4.09. The maximum atomic E-state index is 5.97. The molecule has 0 bridgehead atoms. The van der Waals surface area contributed by atoms with Gasteiger partial charge in [0.15, 0.2) is 5.65 Å². The minimum atomic E-state index is 0.118. The first-order valence-electron chi connectivity index (χ1n) is 5.57. The van der Waals surface area contributed by atoms with Gasteiger partial charge in [-0.15, -0.1) is 0 Å². The number of anilines is 1. The smallest absolute Gasteiger partial charge is 0.202 e. The quantitative estimate of drug-likeness (QED) is 0.909. The Bertz CT molecular complexity index is 545. The summed E-state index contributed by atoms with van der Waals surface area (Å²) >= 11 is 1.81. The summed E-state index contributed by atoms with van der Waals surface area (Å²) in [5, 5.41) is 0. The highest BCUT2D eigenvalue weighted by molar-refractivity contribution is 7.99. The predicted molar refractivity (Wildman–Crippen MR) is 74.3 cm³/mol. The summed E-state index contributed by atoms with van der Waals surface area (Å²) in [6.07, 6.45) is 2.11. The molecule has 92 valence electrons. The summed E-state index contributed by atoms with van der Waals surface area (Å²) in [4.78, 5) is 8.87. The molecule has 2 aromatic heterocycles. The molecule has 0 amide bonds. The van der Waals surface area contributed by atoms with Crippen LogP contribution < -0.4 is 5.73 Å². The van der Waals surface area contributed by atoms with Crippen molar-refractivity contribution >= 4 is 28.9 Å². The molecule has 2 aromatic rings. The molecule has 0 aliphatic rings. The van der Waals surface area contributed by atoms with Crippen molar-refractivity contribution in [1.82, 2.24) is 14.5 Å². The molecule has 0 saturated heterocycles. The highest BCUT2D eigenvalue weighted by Gasteiger charge is 2.20. The topological polar surface area (TPSA) is 56.7 Å². The summed E-state index contributed by atoms with van der Waals surface area (Å²) in [7, 11) is 0. The van der Waals surface area contributed by atoms with Gasteiger partial charge in [0.1, 0.15) is 5.52 Å². The molecule has 17 heavy (non-hydrogen) atoms. The van der Waals surface area contributed by atoms with Gasteiger partial charge in [0, 0.05) is 17.0 Å². The summed E-state index contributed by atoms with van der Waals surface area (Å²) in [6, 6.07) is 3.93. The Morgan fingerprint density at radius 3 is 2.71 bits per heavy atom. The van der Waals surface area contributed by atoms with Gasteiger partial charge in [-0.25, -0.2) is 9.97 Å². The largest absolute Gasteiger partial charge is 0.369 e. The molecule has 0 aliphatic carbocycles. The molecule has 0 fully saturated rings. The number of nitrogens with two attached hydrogens (primary N) is 1. The van der Waals surface area contributed by atoms with Crippen LogP contribution in [0.25, 0.3) is 11.2 Å². The van der Waals surface area contributed by atoms with Gasteiger partial charge in [-0.05, 0) is 39.2 Å². The van der Waals surface area contributed by atoms with Gasteiger partial charge in [-0.3, -0.25) is 4.57 Å². The van der Waals surface area contributed by atoms with Crippen molar-refractivity contribution in [3.8, 4) is 0 Å². The second kappa shape index (κ2) is 4.22. The summed E-state index contributed by atoms with van der Waals surface area (Å²) < 4.78 is 2.12. The van der Waals surface area contributed by atoms with E-state index < -0.39 is 0 Å². The lowest BCUT2D eigenvalue weighted by Crippen LogP contribution is -2.23. The number of hydrogen-bond acceptors (Lipinski definition) is 4. The average molecular weight is 250 g/mol. The van der Waals surface area contributed by atoms with Crippen molar-refractivity contribution in [2.45, 2.75) is 32.1 Å². The Morgan fingerprint density at radius 2 is 2.06 bits per heavy atom. The fourth-order valence-corrected chi connectivity index (χ4v) is 1.97. The highest BCUT2D eigenvalue weighted by atomic mass is 32.2. The highest BCUT2D eigenvalue weighted by Crippen LogP contribution is 2.27. The van der Waals surface area contributed by atoms with E-state index in [1.807, 2.05) is 35.4 Å². The van der Waals surface area contributed by atoms with Crippen molar-refractivity contribution in [3.63, 3.8) is 0 Å². The van der Waals surface area contributed by atoms with Crippen LogP contribution in [0.2, 0.25) is 0 Å². The zero-order valence-electron chi connectivity index (χ0n) is 10.7. The van der Waals surface area contributed by atoms with Crippen LogP contribution in [0.1, 0.15) is 19.5 Å². The van der Waals surface area contributed by atoms with Crippen LogP contribution in [0.4, 0.5) is 5.95 Å². The number of fused-ring (bicyclic) bond motifs is 1. The van der Waals surface area contributed by atoms with E-state index in [2.05, 4.69) is 30.1 Å². The van der Waals surface area contributed by atoms with Crippen LogP contribution >= 0.6 is 11.8 Å². The molecule has 0 radical (unpaired) electrons. The van der Waals surface area contributed by atoms with E-state index in [-0.39, 0.29) is 4.75 Å². The molecule has 0 saturated carbocycles. The fourth-order valence-electron chi connectivity index (χ4n) is 1.72. The van der Waals surface area contributed by atoms with E-state index in [0.717, 1.165) is 23.4 Å². The maximum Gasteiger partial charge on any atom is 0.202 e. The first kappa shape index (κ1) is 12.2. The first-order chi connectivity index (χ1) is 7.93. The molecule has 2 heterocycles. The number of rotatable bonds is 3. The fraction of sp³-hybridized carbons (Fsp3) is 0.500. The van der Waals surface area contributed by atoms with Crippen molar-refractivity contribution in [2.75, 3.05) is 12.0 Å². The van der Waals surface area contributed by atoms with Crippen LogP contribution in [0.3, 0.4) is 0 Å². The number of imidazole rings is 1. The third kappa shape index (κ3) is 2.39. The predicted octanol–water partition coefficient (Wildman–Crippen LogP) is 2.46. The molecule has 0 unspecified atom stereocenters. The van der Waals surface area contributed by atoms with Gasteiger partial charge >= 0.3 is 0 Å². The molecule has 5 heteroatoms. The Labute approximate surface area is 106 Å². The van der Waals surface area contributed by atoms with Gasteiger partial charge in [0.25, 0.3) is 0 Å². The Kier molecular flexibility index (Phi) is 3.03. The minimum absolute atomic E-state index is 0.118. The van der Waals surface area contributed by atoms with Gasteiger partial charge in [0.2, 0.25) is 5.95 Å². The maximum absolute atomic E-state index is 5.97. The monoisotopic (exact) mass is 250 g/mol. The number of aromatic nitrogens is 3. The Hall–Kier alpha value is -1.23. The Balaban J connectivity index is 2.52. The van der Waals surface area contributed by atoms with Gasteiger partial charge in [-0.1, -0.05) is 0 Å². The van der Waals surface area contributed by atoms with Crippen LogP contribution in [0.5, 0.6) is 0 Å². The van der Waals surface area contributed by atoms with E-state index in [4.69, 9.17) is 5.73 Å². The van der Waals surface area contributed by atoms with E-state index in [9.17, 15) is 0 Å². The van der Waals surface area contributed by atoms with E-state index >= 15 is 0 Å². The van der Waals surface area contributed by atoms with Crippen molar-refractivity contribution in [1.29, 1.82) is 0 Å². The SMILES string of the molecule is CSC(C)(C)Cn1c(N)nc2ccc(C)nc21. The standard InChI is InChI=1S/C12H18N4S/c1-8-5-6-9-10(14-8)16(11(13)15-9)7-12(2,3)17-4/h5-6H,7H2,1-4H3,(H2,13,15). The van der Waals surface area contributed by atoms with Gasteiger partial charge in [0.05, 0.1) is 0 Å². The number of pyridine rings is 1. The molecule has 0 spiro atoms. The molecule has 2 N–H and O–H groups in total. The molecule has 0 aliphatic heterocycles. The summed E-state index contributed by atoms with van der Waals surface area (Å²) in [5.41, 5.74) is 8.70. The molecule has 0 aromatic carbocycles. The second-order valence-corrected chi connectivity index (χ2v) is 6.33. The van der Waals surface area contributed by atoms with Crippen LogP contribution in [-0.2, 0) is 6.54 Å². The molecular formula is C12H18N4S. The third-order valence-electron chi connectivity index (χ3n) is 2.85. The number of hydrogen-bond donors (Lipinski definition) is 1. The zero-order chi connectivity index (χ0) is 12.6. The van der Waals surface area contributed by atoms with Crippen LogP contribution in [-0.4, -0.2) is 25.5 Å². The minimum Gasteiger partial charge on any atom is -0.369 e. The van der Waals surface area contributed by atoms with Crippen molar-refractivity contribution in [2.24, 2.45) is 0 Å². The second-order valence-electron chi connectivity index (χ2n) is 4.82. The van der Waals surface area contributed by atoms with Gasteiger partial charge < -0.3 is 5.73 Å². The Morgan fingerprint density at radius 1 is 1.35 bits per heavy atom.